The molecule has 3 N–H and O–H groups in total. The third-order valence-corrected chi connectivity index (χ3v) is 5.19. The molecule has 2 heterocycles. The molecule has 0 aliphatic carbocycles. The van der Waals surface area contributed by atoms with Crippen molar-refractivity contribution in [3.63, 3.8) is 0 Å². The number of carbonyl (C=O) groups is 1. The number of nitrogens with one attached hydrogen (secondary N) is 1. The average molecular weight is 431 g/mol. The van der Waals surface area contributed by atoms with Gasteiger partial charge in [0.1, 0.15) is 5.69 Å². The summed E-state index contributed by atoms with van der Waals surface area (Å²) < 4.78 is 34.0. The Balaban J connectivity index is 1.81. The van der Waals surface area contributed by atoms with Crippen molar-refractivity contribution in [1.29, 1.82) is 0 Å². The lowest BCUT2D eigenvalue weighted by atomic mass is 9.89. The Morgan fingerprint density at radius 2 is 2.17 bits per heavy atom. The average Bonchev–Trinajstić information content (AvgIpc) is 2.71. The molecule has 1 unspecified atom stereocenters. The summed E-state index contributed by atoms with van der Waals surface area (Å²) in [5.41, 5.74) is 4.83. The number of hydrogen-bond donors (Lipinski definition) is 2. The molecule has 1 aliphatic rings. The summed E-state index contributed by atoms with van der Waals surface area (Å²) in [4.78, 5) is 24.7. The van der Waals surface area contributed by atoms with E-state index in [1.165, 1.54) is 30.2 Å². The molecule has 0 bridgehead atoms. The van der Waals surface area contributed by atoms with Gasteiger partial charge in [0.15, 0.2) is 23.4 Å². The lowest BCUT2D eigenvalue weighted by molar-refractivity contribution is 0.102. The second kappa shape index (κ2) is 9.09. The zero-order valence-corrected chi connectivity index (χ0v) is 17.1. The van der Waals surface area contributed by atoms with Gasteiger partial charge in [-0.05, 0) is 26.3 Å². The van der Waals surface area contributed by atoms with E-state index in [0.717, 1.165) is 6.07 Å². The Labute approximate surface area is 176 Å². The molecular formula is C20H19F2N5O2S. The van der Waals surface area contributed by atoms with E-state index < -0.39 is 23.1 Å². The number of amides is 1. The topological polar surface area (TPSA) is 102 Å². The SMILES string of the molecule is CC#CCOc1cnc(C(=O)Nc2cc(F)c(F)c(C3(C)CCSC(N)=N3)c2)cn1. The van der Waals surface area contributed by atoms with Crippen LogP contribution in [-0.4, -0.2) is 33.4 Å². The van der Waals surface area contributed by atoms with Crippen LogP contribution in [0, 0.1) is 23.5 Å². The number of hydrogen-bond acceptors (Lipinski definition) is 7. The first-order valence-corrected chi connectivity index (χ1v) is 9.94. The molecule has 2 aromatic rings. The summed E-state index contributed by atoms with van der Waals surface area (Å²) in [6.07, 6.45) is 2.97. The van der Waals surface area contributed by atoms with E-state index in [2.05, 4.69) is 32.1 Å². The molecule has 156 valence electrons. The highest BCUT2D eigenvalue weighted by molar-refractivity contribution is 8.13. The summed E-state index contributed by atoms with van der Waals surface area (Å²) in [6.45, 7) is 3.51. The van der Waals surface area contributed by atoms with Crippen LogP contribution in [0.5, 0.6) is 5.88 Å². The summed E-state index contributed by atoms with van der Waals surface area (Å²) in [5, 5.41) is 2.82. The Morgan fingerprint density at radius 3 is 2.83 bits per heavy atom. The molecule has 30 heavy (non-hydrogen) atoms. The maximum Gasteiger partial charge on any atom is 0.275 e. The molecule has 3 rings (SSSR count). The number of rotatable bonds is 5. The number of halogens is 2. The van der Waals surface area contributed by atoms with Gasteiger partial charge in [-0.2, -0.15) is 0 Å². The van der Waals surface area contributed by atoms with Gasteiger partial charge in [0.2, 0.25) is 5.88 Å². The molecule has 1 amide bonds. The zero-order valence-electron chi connectivity index (χ0n) is 16.3. The molecule has 0 fully saturated rings. The molecule has 0 saturated heterocycles. The molecule has 1 aromatic heterocycles. The number of nitrogens with zero attached hydrogens (tertiary/aromatic N) is 3. The van der Waals surface area contributed by atoms with E-state index >= 15 is 0 Å². The molecular weight excluding hydrogens is 412 g/mol. The van der Waals surface area contributed by atoms with Crippen molar-refractivity contribution in [2.24, 2.45) is 10.7 Å². The van der Waals surface area contributed by atoms with Crippen LogP contribution in [0.15, 0.2) is 29.5 Å². The third kappa shape index (κ3) is 4.86. The van der Waals surface area contributed by atoms with Gasteiger partial charge in [0.25, 0.3) is 5.91 Å². The quantitative estimate of drug-likeness (QED) is 0.706. The first-order valence-electron chi connectivity index (χ1n) is 8.96. The zero-order chi connectivity index (χ0) is 21.7. The molecule has 0 radical (unpaired) electrons. The minimum Gasteiger partial charge on any atom is -0.463 e. The van der Waals surface area contributed by atoms with E-state index in [1.54, 1.807) is 13.8 Å². The fourth-order valence-corrected chi connectivity index (χ4v) is 3.79. The minimum atomic E-state index is -1.09. The van der Waals surface area contributed by atoms with Gasteiger partial charge in [0.05, 0.1) is 17.9 Å². The monoisotopic (exact) mass is 431 g/mol. The number of amidine groups is 1. The normalized spacial score (nSPS) is 18.1. The summed E-state index contributed by atoms with van der Waals surface area (Å²) in [7, 11) is 0. The lowest BCUT2D eigenvalue weighted by Crippen LogP contribution is -2.30. The largest absolute Gasteiger partial charge is 0.463 e. The Morgan fingerprint density at radius 1 is 1.37 bits per heavy atom. The van der Waals surface area contributed by atoms with E-state index in [9.17, 15) is 13.6 Å². The van der Waals surface area contributed by atoms with Crippen molar-refractivity contribution in [1.82, 2.24) is 9.97 Å². The minimum absolute atomic E-state index is 0.0160. The van der Waals surface area contributed by atoms with E-state index in [-0.39, 0.29) is 29.4 Å². The number of carbonyl (C=O) groups excluding carboxylic acids is 1. The van der Waals surface area contributed by atoms with Crippen LogP contribution >= 0.6 is 11.8 Å². The van der Waals surface area contributed by atoms with Crippen LogP contribution in [0.4, 0.5) is 14.5 Å². The van der Waals surface area contributed by atoms with E-state index in [1.807, 2.05) is 0 Å². The standard InChI is InChI=1S/C20H19F2N5O2S/c1-3-4-6-29-16-11-24-15(10-25-16)18(28)26-12-8-13(17(22)14(21)9-12)20(2)5-7-30-19(23)27-20/h8-11H,5-7H2,1-2H3,(H2,23,27)(H,26,28). The molecule has 1 atom stereocenters. The van der Waals surface area contributed by atoms with Crippen LogP contribution < -0.4 is 15.8 Å². The summed E-state index contributed by atoms with van der Waals surface area (Å²) >= 11 is 1.35. The van der Waals surface area contributed by atoms with Gasteiger partial charge < -0.3 is 15.8 Å². The van der Waals surface area contributed by atoms with Gasteiger partial charge in [-0.15, -0.1) is 5.92 Å². The molecule has 1 aromatic carbocycles. The third-order valence-electron chi connectivity index (χ3n) is 4.39. The maximum absolute atomic E-state index is 14.5. The predicted molar refractivity (Wildman–Crippen MR) is 111 cm³/mol. The second-order valence-corrected chi connectivity index (χ2v) is 7.67. The van der Waals surface area contributed by atoms with Crippen molar-refractivity contribution in [2.45, 2.75) is 25.8 Å². The maximum atomic E-state index is 14.5. The number of benzene rings is 1. The molecule has 10 heteroatoms. The number of nitrogens with two attached hydrogens (primary N) is 1. The second-order valence-electron chi connectivity index (χ2n) is 6.55. The van der Waals surface area contributed by atoms with Crippen molar-refractivity contribution >= 4 is 28.5 Å². The van der Waals surface area contributed by atoms with E-state index in [0.29, 0.717) is 17.3 Å². The highest BCUT2D eigenvalue weighted by Gasteiger charge is 2.33. The van der Waals surface area contributed by atoms with Crippen LogP contribution in [0.3, 0.4) is 0 Å². The molecule has 7 nitrogen and oxygen atoms in total. The van der Waals surface area contributed by atoms with Crippen LogP contribution in [-0.2, 0) is 5.54 Å². The first kappa shape index (κ1) is 21.5. The lowest BCUT2D eigenvalue weighted by Gasteiger charge is -2.30. The van der Waals surface area contributed by atoms with Crippen LogP contribution in [0.2, 0.25) is 0 Å². The smallest absolute Gasteiger partial charge is 0.275 e. The fourth-order valence-electron chi connectivity index (χ4n) is 2.82. The highest BCUT2D eigenvalue weighted by Crippen LogP contribution is 2.38. The summed E-state index contributed by atoms with van der Waals surface area (Å²) in [5.74, 6) is 3.47. The molecule has 0 saturated carbocycles. The van der Waals surface area contributed by atoms with E-state index in [4.69, 9.17) is 10.5 Å². The number of aliphatic imine (C=N–C) groups is 1. The van der Waals surface area contributed by atoms with Gasteiger partial charge in [0, 0.05) is 23.1 Å². The Bertz CT molecular complexity index is 1050. The molecule has 1 aliphatic heterocycles. The van der Waals surface area contributed by atoms with Crippen molar-refractivity contribution in [3.8, 4) is 17.7 Å². The number of anilines is 1. The van der Waals surface area contributed by atoms with Gasteiger partial charge >= 0.3 is 0 Å². The fraction of sp³-hybridized carbons (Fsp3) is 0.300. The number of aromatic nitrogens is 2. The van der Waals surface area contributed by atoms with Crippen molar-refractivity contribution in [3.05, 3.63) is 47.4 Å². The molecule has 0 spiro atoms. The predicted octanol–water partition coefficient (Wildman–Crippen LogP) is 3.08. The van der Waals surface area contributed by atoms with Gasteiger partial charge in [-0.25, -0.2) is 18.7 Å². The van der Waals surface area contributed by atoms with Gasteiger partial charge in [-0.1, -0.05) is 17.7 Å². The number of thioether (sulfide) groups is 1. The van der Waals surface area contributed by atoms with Crippen molar-refractivity contribution in [2.75, 3.05) is 17.7 Å². The van der Waals surface area contributed by atoms with Crippen molar-refractivity contribution < 1.29 is 18.3 Å². The van der Waals surface area contributed by atoms with Crippen LogP contribution in [0.1, 0.15) is 36.3 Å². The Kier molecular flexibility index (Phi) is 6.52. The highest BCUT2D eigenvalue weighted by atomic mass is 32.2. The summed E-state index contributed by atoms with van der Waals surface area (Å²) in [6, 6.07) is 2.26. The Hall–Kier alpha value is -3.19. The van der Waals surface area contributed by atoms with Gasteiger partial charge in [-0.3, -0.25) is 9.79 Å². The first-order chi connectivity index (χ1) is 14.3. The number of ether oxygens (including phenoxy) is 1. The van der Waals surface area contributed by atoms with Crippen LogP contribution in [0.25, 0.3) is 0 Å².